The number of nitrogen functional groups attached to an aromatic ring is 1. The third-order valence-electron chi connectivity index (χ3n) is 2.44. The van der Waals surface area contributed by atoms with E-state index in [0.29, 0.717) is 11.6 Å². The summed E-state index contributed by atoms with van der Waals surface area (Å²) in [5.41, 5.74) is 6.92. The molecule has 94 valence electrons. The Morgan fingerprint density at radius 1 is 1.22 bits per heavy atom. The Labute approximate surface area is 105 Å². The van der Waals surface area contributed by atoms with Gasteiger partial charge in [0.2, 0.25) is 5.88 Å². The van der Waals surface area contributed by atoms with E-state index >= 15 is 0 Å². The van der Waals surface area contributed by atoms with Crippen LogP contribution in [0.15, 0.2) is 30.6 Å². The predicted molar refractivity (Wildman–Crippen MR) is 67.0 cm³/mol. The number of halogens is 1. The number of hydrogen-bond donors (Lipinski definition) is 1. The van der Waals surface area contributed by atoms with Crippen LogP contribution >= 0.6 is 0 Å². The third kappa shape index (κ3) is 2.74. The highest BCUT2D eigenvalue weighted by atomic mass is 19.1. The van der Waals surface area contributed by atoms with E-state index < -0.39 is 5.82 Å². The minimum atomic E-state index is -0.405. The van der Waals surface area contributed by atoms with E-state index in [9.17, 15) is 4.39 Å². The molecule has 0 bridgehead atoms. The van der Waals surface area contributed by atoms with Crippen LogP contribution in [0.4, 0.5) is 10.1 Å². The van der Waals surface area contributed by atoms with E-state index in [1.165, 1.54) is 24.5 Å². The molecule has 2 N–H and O–H groups in total. The second kappa shape index (κ2) is 5.00. The molecule has 0 saturated carbocycles. The zero-order valence-electron chi connectivity index (χ0n) is 10.2. The van der Waals surface area contributed by atoms with Crippen LogP contribution in [0.1, 0.15) is 25.5 Å². The number of nitrogens with zero attached hydrogens (tertiary/aromatic N) is 2. The fourth-order valence-electron chi connectivity index (χ4n) is 1.43. The zero-order valence-corrected chi connectivity index (χ0v) is 10.2. The highest BCUT2D eigenvalue weighted by molar-refractivity contribution is 5.53. The minimum absolute atomic E-state index is 0.253. The number of anilines is 1. The van der Waals surface area contributed by atoms with Gasteiger partial charge in [-0.25, -0.2) is 14.4 Å². The van der Waals surface area contributed by atoms with Gasteiger partial charge in [0.25, 0.3) is 0 Å². The summed E-state index contributed by atoms with van der Waals surface area (Å²) in [5.74, 6) is 0.465. The summed E-state index contributed by atoms with van der Waals surface area (Å²) >= 11 is 0. The second-order valence-electron chi connectivity index (χ2n) is 4.22. The van der Waals surface area contributed by atoms with Crippen LogP contribution in [0.3, 0.4) is 0 Å². The lowest BCUT2D eigenvalue weighted by Crippen LogP contribution is -1.98. The summed E-state index contributed by atoms with van der Waals surface area (Å²) in [6.07, 6.45) is 1.42. The first-order valence-corrected chi connectivity index (χ1v) is 5.61. The maximum absolute atomic E-state index is 13.1. The Bertz CT molecular complexity index is 558. The molecule has 0 unspecified atom stereocenters. The van der Waals surface area contributed by atoms with Gasteiger partial charge in [-0.15, -0.1) is 0 Å². The lowest BCUT2D eigenvalue weighted by molar-refractivity contribution is 0.457. The van der Waals surface area contributed by atoms with Crippen molar-refractivity contribution < 1.29 is 9.13 Å². The number of benzene rings is 1. The zero-order chi connectivity index (χ0) is 13.1. The van der Waals surface area contributed by atoms with E-state index in [2.05, 4.69) is 9.97 Å². The standard InChI is InChI=1S/C13H14FN3O/c1-8(2)11-6-13(17-7-16-11)18-12-5-9(14)3-4-10(12)15/h3-8H,15H2,1-2H3. The molecule has 4 nitrogen and oxygen atoms in total. The van der Waals surface area contributed by atoms with E-state index in [4.69, 9.17) is 10.5 Å². The lowest BCUT2D eigenvalue weighted by Gasteiger charge is -2.09. The van der Waals surface area contributed by atoms with Gasteiger partial charge in [-0.2, -0.15) is 0 Å². The average Bonchev–Trinajstić information content (AvgIpc) is 2.34. The number of aromatic nitrogens is 2. The Balaban J connectivity index is 2.28. The first-order chi connectivity index (χ1) is 8.56. The predicted octanol–water partition coefficient (Wildman–Crippen LogP) is 3.11. The normalized spacial score (nSPS) is 10.7. The van der Waals surface area contributed by atoms with Gasteiger partial charge in [-0.05, 0) is 18.1 Å². The van der Waals surface area contributed by atoms with Gasteiger partial charge in [0.15, 0.2) is 5.75 Å². The molecule has 0 saturated heterocycles. The van der Waals surface area contributed by atoms with E-state index in [1.807, 2.05) is 13.8 Å². The van der Waals surface area contributed by atoms with Gasteiger partial charge in [0.1, 0.15) is 12.1 Å². The van der Waals surface area contributed by atoms with Crippen molar-refractivity contribution in [2.45, 2.75) is 19.8 Å². The Morgan fingerprint density at radius 2 is 2.00 bits per heavy atom. The molecule has 0 aliphatic rings. The van der Waals surface area contributed by atoms with Crippen molar-refractivity contribution in [1.29, 1.82) is 0 Å². The fourth-order valence-corrected chi connectivity index (χ4v) is 1.43. The summed E-state index contributed by atoms with van der Waals surface area (Å²) in [6.45, 7) is 4.03. The third-order valence-corrected chi connectivity index (χ3v) is 2.44. The number of rotatable bonds is 3. The van der Waals surface area contributed by atoms with Crippen LogP contribution in [-0.2, 0) is 0 Å². The maximum Gasteiger partial charge on any atom is 0.222 e. The van der Waals surface area contributed by atoms with Crippen molar-refractivity contribution in [1.82, 2.24) is 9.97 Å². The van der Waals surface area contributed by atoms with Gasteiger partial charge >= 0.3 is 0 Å². The lowest BCUT2D eigenvalue weighted by atomic mass is 10.1. The van der Waals surface area contributed by atoms with Crippen LogP contribution in [0.5, 0.6) is 11.6 Å². The summed E-state index contributed by atoms with van der Waals surface area (Å²) in [7, 11) is 0. The summed E-state index contributed by atoms with van der Waals surface area (Å²) in [4.78, 5) is 8.10. The molecule has 5 heteroatoms. The molecular formula is C13H14FN3O. The van der Waals surface area contributed by atoms with Crippen molar-refractivity contribution >= 4 is 5.69 Å². The second-order valence-corrected chi connectivity index (χ2v) is 4.22. The molecule has 0 spiro atoms. The van der Waals surface area contributed by atoms with Crippen LogP contribution in [0, 0.1) is 5.82 Å². The van der Waals surface area contributed by atoms with Crippen molar-refractivity contribution in [3.05, 3.63) is 42.1 Å². The van der Waals surface area contributed by atoms with E-state index in [1.54, 1.807) is 6.07 Å². The molecule has 0 radical (unpaired) electrons. The topological polar surface area (TPSA) is 61.0 Å². The monoisotopic (exact) mass is 247 g/mol. The largest absolute Gasteiger partial charge is 0.437 e. The van der Waals surface area contributed by atoms with Gasteiger partial charge in [-0.3, -0.25) is 0 Å². The first kappa shape index (κ1) is 12.3. The highest BCUT2D eigenvalue weighted by Gasteiger charge is 2.07. The molecule has 1 heterocycles. The average molecular weight is 247 g/mol. The minimum Gasteiger partial charge on any atom is -0.437 e. The summed E-state index contributed by atoms with van der Waals surface area (Å²) < 4.78 is 18.6. The van der Waals surface area contributed by atoms with Gasteiger partial charge < -0.3 is 10.5 Å². The van der Waals surface area contributed by atoms with Crippen molar-refractivity contribution in [3.63, 3.8) is 0 Å². The Morgan fingerprint density at radius 3 is 2.72 bits per heavy atom. The van der Waals surface area contributed by atoms with Crippen LogP contribution in [0.2, 0.25) is 0 Å². The smallest absolute Gasteiger partial charge is 0.222 e. The highest BCUT2D eigenvalue weighted by Crippen LogP contribution is 2.27. The molecule has 18 heavy (non-hydrogen) atoms. The number of nitrogens with two attached hydrogens (primary N) is 1. The van der Waals surface area contributed by atoms with E-state index in [0.717, 1.165) is 5.69 Å². The SMILES string of the molecule is CC(C)c1cc(Oc2cc(F)ccc2N)ncn1. The van der Waals surface area contributed by atoms with Crippen LogP contribution < -0.4 is 10.5 Å². The first-order valence-electron chi connectivity index (χ1n) is 5.61. The molecule has 0 fully saturated rings. The Kier molecular flexibility index (Phi) is 3.41. The quantitative estimate of drug-likeness (QED) is 0.846. The summed E-state index contributed by atoms with van der Waals surface area (Å²) in [6, 6.07) is 5.68. The van der Waals surface area contributed by atoms with Crippen molar-refractivity contribution in [2.75, 3.05) is 5.73 Å². The fraction of sp³-hybridized carbons (Fsp3) is 0.231. The number of ether oxygens (including phenoxy) is 1. The molecule has 1 aromatic heterocycles. The van der Waals surface area contributed by atoms with Gasteiger partial charge in [-0.1, -0.05) is 13.8 Å². The van der Waals surface area contributed by atoms with Crippen LogP contribution in [-0.4, -0.2) is 9.97 Å². The molecule has 0 amide bonds. The molecular weight excluding hydrogens is 233 g/mol. The molecule has 0 aliphatic carbocycles. The molecule has 2 aromatic rings. The summed E-state index contributed by atoms with van der Waals surface area (Å²) in [5, 5.41) is 0. The van der Waals surface area contributed by atoms with Crippen LogP contribution in [0.25, 0.3) is 0 Å². The van der Waals surface area contributed by atoms with Crippen molar-refractivity contribution in [2.24, 2.45) is 0 Å². The number of hydrogen-bond acceptors (Lipinski definition) is 4. The molecule has 1 aromatic carbocycles. The maximum atomic E-state index is 13.1. The Hall–Kier alpha value is -2.17. The molecule has 2 rings (SSSR count). The van der Waals surface area contributed by atoms with Crippen molar-refractivity contribution in [3.8, 4) is 11.6 Å². The van der Waals surface area contributed by atoms with Gasteiger partial charge in [0, 0.05) is 12.1 Å². The van der Waals surface area contributed by atoms with E-state index in [-0.39, 0.29) is 11.7 Å². The van der Waals surface area contributed by atoms with Gasteiger partial charge in [0.05, 0.1) is 11.4 Å². The molecule has 0 aliphatic heterocycles. The molecule has 0 atom stereocenters.